The summed E-state index contributed by atoms with van der Waals surface area (Å²) in [6.07, 6.45) is 5.37. The van der Waals surface area contributed by atoms with Gasteiger partial charge in [0.15, 0.2) is 0 Å². The number of aromatic nitrogens is 4. The highest BCUT2D eigenvalue weighted by atomic mass is 35.5. The highest BCUT2D eigenvalue weighted by Crippen LogP contribution is 2.42. The van der Waals surface area contributed by atoms with Crippen molar-refractivity contribution in [3.8, 4) is 45.4 Å². The molecule has 2 N–H and O–H groups in total. The van der Waals surface area contributed by atoms with E-state index in [9.17, 15) is 10.2 Å². The largest absolute Gasteiger partial charge is 0.480 e. The second-order valence-corrected chi connectivity index (χ2v) is 12.7. The normalized spacial score (nSPS) is 18.7. The van der Waals surface area contributed by atoms with Gasteiger partial charge in [-0.25, -0.2) is 9.97 Å². The van der Waals surface area contributed by atoms with E-state index in [0.29, 0.717) is 69.2 Å². The Morgan fingerprint density at radius 2 is 1.11 bits per heavy atom. The van der Waals surface area contributed by atoms with Gasteiger partial charge >= 0.3 is 0 Å². The molecule has 0 aliphatic carbocycles. The predicted molar refractivity (Wildman–Crippen MR) is 178 cm³/mol. The molecule has 46 heavy (non-hydrogen) atoms. The van der Waals surface area contributed by atoms with Crippen LogP contribution in [0.3, 0.4) is 0 Å². The van der Waals surface area contributed by atoms with Crippen LogP contribution in [0.5, 0.6) is 11.8 Å². The zero-order chi connectivity index (χ0) is 32.2. The molecule has 0 spiro atoms. The summed E-state index contributed by atoms with van der Waals surface area (Å²) in [7, 11) is 3.18. The van der Waals surface area contributed by atoms with Crippen molar-refractivity contribution < 1.29 is 19.7 Å². The first-order valence-electron chi connectivity index (χ1n) is 15.5. The number of hydrogen-bond donors (Lipinski definition) is 2. The van der Waals surface area contributed by atoms with Crippen LogP contribution < -0.4 is 9.47 Å². The van der Waals surface area contributed by atoms with E-state index in [2.05, 4.69) is 9.80 Å². The summed E-state index contributed by atoms with van der Waals surface area (Å²) < 4.78 is 11.3. The van der Waals surface area contributed by atoms with Gasteiger partial charge in [0.25, 0.3) is 0 Å². The van der Waals surface area contributed by atoms with Crippen molar-refractivity contribution >= 4 is 23.2 Å². The Hall–Kier alpha value is -3.38. The van der Waals surface area contributed by atoms with Crippen LogP contribution >= 0.6 is 23.2 Å². The Labute approximate surface area is 279 Å². The van der Waals surface area contributed by atoms with E-state index >= 15 is 0 Å². The number of nitrogens with zero attached hydrogens (tertiary/aromatic N) is 6. The van der Waals surface area contributed by atoms with E-state index in [-0.39, 0.29) is 13.2 Å². The summed E-state index contributed by atoms with van der Waals surface area (Å²) in [5.74, 6) is 1.47. The Kier molecular flexibility index (Phi) is 10.3. The number of aliphatic hydroxyl groups excluding tert-OH is 2. The van der Waals surface area contributed by atoms with Crippen molar-refractivity contribution in [1.82, 2.24) is 29.7 Å². The van der Waals surface area contributed by atoms with Crippen molar-refractivity contribution in [2.75, 3.05) is 53.6 Å². The fourth-order valence-electron chi connectivity index (χ4n) is 6.31. The van der Waals surface area contributed by atoms with Crippen LogP contribution in [0.25, 0.3) is 33.6 Å². The minimum absolute atomic E-state index is 0.194. The van der Waals surface area contributed by atoms with Gasteiger partial charge in [-0.15, -0.1) is 0 Å². The van der Waals surface area contributed by atoms with Crippen molar-refractivity contribution in [2.45, 2.75) is 25.9 Å². The minimum Gasteiger partial charge on any atom is -0.480 e. The third kappa shape index (κ3) is 6.83. The van der Waals surface area contributed by atoms with Gasteiger partial charge in [0.1, 0.15) is 11.4 Å². The Bertz CT molecular complexity index is 1570. The molecule has 0 saturated carbocycles. The lowest BCUT2D eigenvalue weighted by Crippen LogP contribution is -2.22. The zero-order valence-corrected chi connectivity index (χ0v) is 27.5. The summed E-state index contributed by atoms with van der Waals surface area (Å²) in [5, 5.41) is 20.0. The van der Waals surface area contributed by atoms with Crippen LogP contribution in [0.2, 0.25) is 10.0 Å². The maximum atomic E-state index is 9.50. The number of likely N-dealkylation sites (tertiary alicyclic amines) is 2. The molecule has 6 rings (SSSR count). The first-order valence-corrected chi connectivity index (χ1v) is 16.2. The summed E-state index contributed by atoms with van der Waals surface area (Å²) in [4.78, 5) is 23.5. The van der Waals surface area contributed by atoms with E-state index in [4.69, 9.17) is 52.6 Å². The van der Waals surface area contributed by atoms with Gasteiger partial charge < -0.3 is 19.7 Å². The van der Waals surface area contributed by atoms with Gasteiger partial charge in [0, 0.05) is 61.6 Å². The fourth-order valence-corrected chi connectivity index (χ4v) is 6.96. The maximum Gasteiger partial charge on any atom is 0.237 e. The minimum atomic E-state index is 0.194. The Morgan fingerprint density at radius 3 is 1.48 bits per heavy atom. The molecule has 2 aromatic heterocycles. The zero-order valence-electron chi connectivity index (χ0n) is 26.0. The SMILES string of the molecule is COc1nc(-c2cccc(-c3cccc(-c4cnc(CN5CC[C@@H](CO)C5)c(OC)n4)c3Cl)c2Cl)cnc1CN1CC[C@@H](CO)C1. The topological polar surface area (TPSA) is 117 Å². The molecule has 2 saturated heterocycles. The number of hydrogen-bond acceptors (Lipinski definition) is 10. The lowest BCUT2D eigenvalue weighted by atomic mass is 9.98. The van der Waals surface area contributed by atoms with Crippen LogP contribution in [-0.2, 0) is 13.1 Å². The van der Waals surface area contributed by atoms with Gasteiger partial charge in [-0.2, -0.15) is 0 Å². The van der Waals surface area contributed by atoms with Crippen LogP contribution in [0.4, 0.5) is 0 Å². The third-order valence-corrected chi connectivity index (χ3v) is 9.67. The molecule has 2 fully saturated rings. The van der Waals surface area contributed by atoms with Crippen LogP contribution in [0.1, 0.15) is 24.2 Å². The van der Waals surface area contributed by atoms with Gasteiger partial charge in [0.2, 0.25) is 11.8 Å². The molecule has 4 aromatic rings. The lowest BCUT2D eigenvalue weighted by molar-refractivity contribution is 0.218. The number of rotatable bonds is 11. The monoisotopic (exact) mass is 664 g/mol. The molecule has 2 aliphatic rings. The molecular formula is C34H38Cl2N6O4. The maximum absolute atomic E-state index is 9.50. The molecule has 242 valence electrons. The Balaban J connectivity index is 1.27. The van der Waals surface area contributed by atoms with Crippen molar-refractivity contribution in [1.29, 1.82) is 0 Å². The van der Waals surface area contributed by atoms with Crippen molar-refractivity contribution in [2.24, 2.45) is 11.8 Å². The highest BCUT2D eigenvalue weighted by Gasteiger charge is 2.26. The second kappa shape index (κ2) is 14.6. The van der Waals surface area contributed by atoms with Crippen molar-refractivity contribution in [3.63, 3.8) is 0 Å². The predicted octanol–water partition coefficient (Wildman–Crippen LogP) is 5.22. The van der Waals surface area contributed by atoms with Crippen LogP contribution in [0.15, 0.2) is 48.8 Å². The summed E-state index contributed by atoms with van der Waals surface area (Å²) in [6, 6.07) is 11.5. The number of halogens is 2. The first kappa shape index (κ1) is 32.6. The number of methoxy groups -OCH3 is 2. The van der Waals surface area contributed by atoms with Crippen LogP contribution in [-0.4, -0.2) is 93.6 Å². The number of benzene rings is 2. The van der Waals surface area contributed by atoms with E-state index in [1.54, 1.807) is 26.6 Å². The fraction of sp³-hybridized carbons (Fsp3) is 0.412. The molecule has 12 heteroatoms. The highest BCUT2D eigenvalue weighted by molar-refractivity contribution is 6.39. The molecule has 0 amide bonds. The van der Waals surface area contributed by atoms with E-state index in [1.807, 2.05) is 36.4 Å². The summed E-state index contributed by atoms with van der Waals surface area (Å²) in [6.45, 7) is 5.03. The summed E-state index contributed by atoms with van der Waals surface area (Å²) in [5.41, 5.74) is 5.55. The number of ether oxygens (including phenoxy) is 2. The van der Waals surface area contributed by atoms with E-state index in [1.165, 1.54) is 0 Å². The first-order chi connectivity index (χ1) is 22.4. The smallest absolute Gasteiger partial charge is 0.237 e. The molecule has 0 bridgehead atoms. The molecule has 2 atom stereocenters. The molecule has 0 radical (unpaired) electrons. The molecule has 4 heterocycles. The van der Waals surface area contributed by atoms with Gasteiger partial charge in [-0.1, -0.05) is 59.6 Å². The van der Waals surface area contributed by atoms with Gasteiger partial charge in [-0.05, 0) is 37.8 Å². The third-order valence-electron chi connectivity index (χ3n) is 8.85. The lowest BCUT2D eigenvalue weighted by Gasteiger charge is -2.18. The molecule has 2 aromatic carbocycles. The summed E-state index contributed by atoms with van der Waals surface area (Å²) >= 11 is 14.1. The average Bonchev–Trinajstić information content (AvgIpc) is 3.75. The average molecular weight is 666 g/mol. The quantitative estimate of drug-likeness (QED) is 0.221. The van der Waals surface area contributed by atoms with Gasteiger partial charge in [-0.3, -0.25) is 19.8 Å². The van der Waals surface area contributed by atoms with E-state index < -0.39 is 0 Å². The van der Waals surface area contributed by atoms with E-state index in [0.717, 1.165) is 61.5 Å². The molecule has 10 nitrogen and oxygen atoms in total. The Morgan fingerprint density at radius 1 is 0.696 bits per heavy atom. The van der Waals surface area contributed by atoms with Gasteiger partial charge in [0.05, 0.1) is 48.0 Å². The standard InChI is InChI=1S/C34H38Cl2N6O4/c1-45-33-29(17-41-11-9-21(15-41)19-43)37-13-27(39-33)25-7-3-5-23(31(25)35)24-6-4-8-26(32(24)36)28-14-38-30(34(40-28)46-2)18-42-12-10-22(16-42)20-44/h3-8,13-14,21-22,43-44H,9-12,15-20H2,1-2H3/t21-,22-/m1/s1. The second-order valence-electron chi connectivity index (χ2n) is 11.9. The molecule has 0 unspecified atom stereocenters. The molecule has 2 aliphatic heterocycles. The van der Waals surface area contributed by atoms with Crippen molar-refractivity contribution in [3.05, 3.63) is 70.2 Å². The van der Waals surface area contributed by atoms with Crippen LogP contribution in [0, 0.1) is 11.8 Å². The molecular weight excluding hydrogens is 627 g/mol. The number of aliphatic hydroxyl groups is 2.